The van der Waals surface area contributed by atoms with Gasteiger partial charge in [0.1, 0.15) is 5.82 Å². The molecule has 3 aromatic rings. The van der Waals surface area contributed by atoms with Gasteiger partial charge in [0, 0.05) is 22.8 Å². The minimum Gasteiger partial charge on any atom is -0.481 e. The fraction of sp³-hybridized carbons (Fsp3) is 0.176. The minimum absolute atomic E-state index is 0.124. The van der Waals surface area contributed by atoms with Gasteiger partial charge in [-0.3, -0.25) is 9.78 Å². The molecule has 0 fully saturated rings. The van der Waals surface area contributed by atoms with Gasteiger partial charge in [-0.1, -0.05) is 6.07 Å². The van der Waals surface area contributed by atoms with E-state index in [9.17, 15) is 9.18 Å². The van der Waals surface area contributed by atoms with Crippen molar-refractivity contribution in [3.63, 3.8) is 0 Å². The van der Waals surface area contributed by atoms with E-state index in [1.54, 1.807) is 12.3 Å². The van der Waals surface area contributed by atoms with Crippen molar-refractivity contribution in [2.45, 2.75) is 19.9 Å². The predicted octanol–water partition coefficient (Wildman–Crippen LogP) is 3.16. The van der Waals surface area contributed by atoms with E-state index in [1.807, 2.05) is 29.7 Å². The molecule has 0 aliphatic heterocycles. The molecule has 0 amide bonds. The number of fused-ring (bicyclic) bond motifs is 1. The van der Waals surface area contributed by atoms with Crippen LogP contribution in [0.5, 0.6) is 0 Å². The molecule has 0 bridgehead atoms. The lowest BCUT2D eigenvalue weighted by atomic mass is 10.1. The lowest BCUT2D eigenvalue weighted by molar-refractivity contribution is -0.136. The summed E-state index contributed by atoms with van der Waals surface area (Å²) >= 11 is 0. The zero-order valence-corrected chi connectivity index (χ0v) is 12.1. The van der Waals surface area contributed by atoms with Gasteiger partial charge < -0.3 is 9.67 Å². The third-order valence-electron chi connectivity index (χ3n) is 3.79. The molecule has 3 rings (SSSR count). The molecular formula is C17H15FN2O2. The molecule has 1 N–H and O–H groups in total. The van der Waals surface area contributed by atoms with Crippen LogP contribution in [-0.2, 0) is 17.8 Å². The highest BCUT2D eigenvalue weighted by molar-refractivity contribution is 5.89. The molecule has 112 valence electrons. The Kier molecular flexibility index (Phi) is 3.63. The second-order valence-electron chi connectivity index (χ2n) is 5.20. The highest BCUT2D eigenvalue weighted by atomic mass is 19.1. The van der Waals surface area contributed by atoms with Crippen LogP contribution in [-0.4, -0.2) is 20.6 Å². The fourth-order valence-electron chi connectivity index (χ4n) is 2.76. The molecule has 2 aromatic heterocycles. The van der Waals surface area contributed by atoms with Crippen molar-refractivity contribution in [3.8, 4) is 0 Å². The Balaban J connectivity index is 2.17. The average molecular weight is 298 g/mol. The van der Waals surface area contributed by atoms with Gasteiger partial charge >= 0.3 is 5.97 Å². The molecule has 0 radical (unpaired) electrons. The molecule has 0 spiro atoms. The number of halogens is 1. The zero-order chi connectivity index (χ0) is 15.7. The van der Waals surface area contributed by atoms with Crippen LogP contribution in [0.4, 0.5) is 4.39 Å². The summed E-state index contributed by atoms with van der Waals surface area (Å²) in [5, 5.41) is 9.75. The van der Waals surface area contributed by atoms with E-state index in [1.165, 1.54) is 12.1 Å². The molecule has 2 heterocycles. The van der Waals surface area contributed by atoms with Gasteiger partial charge in [-0.05, 0) is 42.8 Å². The summed E-state index contributed by atoms with van der Waals surface area (Å²) in [5.41, 5.74) is 3.17. The van der Waals surface area contributed by atoms with E-state index in [-0.39, 0.29) is 12.2 Å². The van der Waals surface area contributed by atoms with E-state index >= 15 is 0 Å². The van der Waals surface area contributed by atoms with Gasteiger partial charge in [0.2, 0.25) is 0 Å². The Labute approximate surface area is 126 Å². The maximum atomic E-state index is 13.6. The van der Waals surface area contributed by atoms with Crippen LogP contribution < -0.4 is 0 Å². The quantitative estimate of drug-likeness (QED) is 0.805. The van der Waals surface area contributed by atoms with Gasteiger partial charge in [-0.2, -0.15) is 0 Å². The zero-order valence-electron chi connectivity index (χ0n) is 12.1. The fourth-order valence-corrected chi connectivity index (χ4v) is 2.76. The van der Waals surface area contributed by atoms with Crippen molar-refractivity contribution in [3.05, 3.63) is 65.4 Å². The number of carboxylic acid groups (broad SMARTS) is 1. The maximum absolute atomic E-state index is 13.6. The molecule has 0 saturated carbocycles. The Bertz CT molecular complexity index is 841. The molecule has 0 atom stereocenters. The first-order valence-electron chi connectivity index (χ1n) is 6.95. The molecule has 0 aliphatic carbocycles. The Morgan fingerprint density at radius 3 is 2.82 bits per heavy atom. The second kappa shape index (κ2) is 5.60. The van der Waals surface area contributed by atoms with E-state index in [4.69, 9.17) is 5.11 Å². The van der Waals surface area contributed by atoms with Crippen molar-refractivity contribution >= 4 is 16.9 Å². The Morgan fingerprint density at radius 1 is 1.32 bits per heavy atom. The number of pyridine rings is 1. The first kappa shape index (κ1) is 14.3. The molecular weight excluding hydrogens is 283 g/mol. The predicted molar refractivity (Wildman–Crippen MR) is 81.3 cm³/mol. The van der Waals surface area contributed by atoms with E-state index in [0.29, 0.717) is 17.5 Å². The van der Waals surface area contributed by atoms with Crippen LogP contribution in [0.3, 0.4) is 0 Å². The van der Waals surface area contributed by atoms with Gasteiger partial charge in [-0.25, -0.2) is 4.39 Å². The summed E-state index contributed by atoms with van der Waals surface area (Å²) in [6.45, 7) is 2.38. The van der Waals surface area contributed by atoms with Gasteiger partial charge in [-0.15, -0.1) is 0 Å². The van der Waals surface area contributed by atoms with Crippen molar-refractivity contribution in [2.24, 2.45) is 0 Å². The molecule has 5 heteroatoms. The normalized spacial score (nSPS) is 11.0. The SMILES string of the molecule is Cc1c(CC(=O)O)c2cc(F)ccc2n1Cc1ccccn1. The number of carboxylic acids is 1. The lowest BCUT2D eigenvalue weighted by Gasteiger charge is -2.08. The summed E-state index contributed by atoms with van der Waals surface area (Å²) in [6.07, 6.45) is 1.59. The van der Waals surface area contributed by atoms with Crippen LogP contribution >= 0.6 is 0 Å². The monoisotopic (exact) mass is 298 g/mol. The first-order valence-corrected chi connectivity index (χ1v) is 6.95. The van der Waals surface area contributed by atoms with Crippen LogP contribution in [0.1, 0.15) is 17.0 Å². The number of aliphatic carboxylic acids is 1. The third-order valence-corrected chi connectivity index (χ3v) is 3.79. The molecule has 0 saturated heterocycles. The standard InChI is InChI=1S/C17H15FN2O2/c1-11-14(9-17(21)22)15-8-12(18)5-6-16(15)20(11)10-13-4-2-3-7-19-13/h2-8H,9-10H2,1H3,(H,21,22). The largest absolute Gasteiger partial charge is 0.481 e. The summed E-state index contributed by atoms with van der Waals surface area (Å²) in [4.78, 5) is 15.4. The van der Waals surface area contributed by atoms with Crippen molar-refractivity contribution in [2.75, 3.05) is 0 Å². The number of carbonyl (C=O) groups is 1. The summed E-state index contributed by atoms with van der Waals surface area (Å²) in [5.74, 6) is -1.29. The van der Waals surface area contributed by atoms with E-state index in [2.05, 4.69) is 4.98 Å². The van der Waals surface area contributed by atoms with Gasteiger partial charge in [0.15, 0.2) is 0 Å². The second-order valence-corrected chi connectivity index (χ2v) is 5.20. The highest BCUT2D eigenvalue weighted by Crippen LogP contribution is 2.28. The number of nitrogens with zero attached hydrogens (tertiary/aromatic N) is 2. The number of hydrogen-bond acceptors (Lipinski definition) is 2. The molecule has 0 aliphatic rings. The topological polar surface area (TPSA) is 55.1 Å². The number of benzene rings is 1. The van der Waals surface area contributed by atoms with E-state index < -0.39 is 5.97 Å². The molecule has 0 unspecified atom stereocenters. The van der Waals surface area contributed by atoms with Crippen LogP contribution in [0, 0.1) is 12.7 Å². The minimum atomic E-state index is -0.927. The highest BCUT2D eigenvalue weighted by Gasteiger charge is 2.17. The summed E-state index contributed by atoms with van der Waals surface area (Å²) in [6, 6.07) is 10.1. The molecule has 22 heavy (non-hydrogen) atoms. The lowest BCUT2D eigenvalue weighted by Crippen LogP contribution is -2.05. The molecule has 4 nitrogen and oxygen atoms in total. The summed E-state index contributed by atoms with van der Waals surface area (Å²) < 4.78 is 15.5. The number of aromatic nitrogens is 2. The number of rotatable bonds is 4. The summed E-state index contributed by atoms with van der Waals surface area (Å²) in [7, 11) is 0. The Hall–Kier alpha value is -2.69. The van der Waals surface area contributed by atoms with Gasteiger partial charge in [0.25, 0.3) is 0 Å². The number of hydrogen-bond donors (Lipinski definition) is 1. The van der Waals surface area contributed by atoms with Crippen LogP contribution in [0.2, 0.25) is 0 Å². The van der Waals surface area contributed by atoms with Crippen molar-refractivity contribution in [1.29, 1.82) is 0 Å². The average Bonchev–Trinajstić information content (AvgIpc) is 2.73. The van der Waals surface area contributed by atoms with Crippen LogP contribution in [0.25, 0.3) is 10.9 Å². The first-order chi connectivity index (χ1) is 10.6. The Morgan fingerprint density at radius 2 is 2.14 bits per heavy atom. The smallest absolute Gasteiger partial charge is 0.307 e. The van der Waals surface area contributed by atoms with E-state index in [0.717, 1.165) is 16.9 Å². The van der Waals surface area contributed by atoms with Gasteiger partial charge in [0.05, 0.1) is 18.7 Å². The van der Waals surface area contributed by atoms with Crippen LogP contribution in [0.15, 0.2) is 42.6 Å². The molecule has 1 aromatic carbocycles. The maximum Gasteiger partial charge on any atom is 0.307 e. The van der Waals surface area contributed by atoms with Crippen molar-refractivity contribution in [1.82, 2.24) is 9.55 Å². The van der Waals surface area contributed by atoms with Crippen molar-refractivity contribution < 1.29 is 14.3 Å². The third kappa shape index (κ3) is 2.57.